The molecule has 1 unspecified atom stereocenters. The second-order valence-electron chi connectivity index (χ2n) is 5.14. The monoisotopic (exact) mass is 378 g/mol. The van der Waals surface area contributed by atoms with Gasteiger partial charge in [0, 0.05) is 29.8 Å². The molecule has 3 heterocycles. The van der Waals surface area contributed by atoms with Gasteiger partial charge in [-0.2, -0.15) is 0 Å². The molecule has 0 amide bonds. The summed E-state index contributed by atoms with van der Waals surface area (Å²) in [5.74, 6) is -0.801. The Hall–Kier alpha value is -2.93. The zero-order valence-electron chi connectivity index (χ0n) is 25.3. The Kier molecular flexibility index (Phi) is 2.02. The van der Waals surface area contributed by atoms with Crippen molar-refractivity contribution in [2.45, 2.75) is 17.8 Å². The molecule has 1 atom stereocenters. The fourth-order valence-corrected chi connectivity index (χ4v) is 3.29. The second kappa shape index (κ2) is 6.76. The molecule has 0 radical (unpaired) electrons. The van der Waals surface area contributed by atoms with Crippen LogP contribution in [-0.4, -0.2) is 30.8 Å². The topological polar surface area (TPSA) is 72.8 Å². The number of methoxy groups -OCH3 is 1. The fraction of sp³-hybridized carbons (Fsp3) is 0.158. The van der Waals surface area contributed by atoms with E-state index in [-0.39, 0.29) is 33.1 Å². The summed E-state index contributed by atoms with van der Waals surface area (Å²) < 4.78 is 113. The number of fused-ring (bicyclic) bond motifs is 1. The Bertz CT molecular complexity index is 1620. The second-order valence-corrected chi connectivity index (χ2v) is 6.51. The molecule has 4 aromatic rings. The number of ether oxygens (including phenoxy) is 1. The fourth-order valence-electron chi connectivity index (χ4n) is 2.22. The Labute approximate surface area is 170 Å². The third kappa shape index (κ3) is 3.01. The normalized spacial score (nSPS) is 19.4. The van der Waals surface area contributed by atoms with Gasteiger partial charge in [0.1, 0.15) is 5.75 Å². The van der Waals surface area contributed by atoms with Crippen LogP contribution in [0.3, 0.4) is 0 Å². The van der Waals surface area contributed by atoms with Crippen molar-refractivity contribution >= 4 is 21.8 Å². The number of aromatic amines is 1. The van der Waals surface area contributed by atoms with Crippen molar-refractivity contribution in [3.05, 3.63) is 66.0 Å². The van der Waals surface area contributed by atoms with Crippen molar-refractivity contribution < 1.29 is 25.4 Å². The van der Waals surface area contributed by atoms with Crippen LogP contribution < -0.4 is 4.74 Å². The van der Waals surface area contributed by atoms with Gasteiger partial charge in [0.15, 0.2) is 5.16 Å². The highest BCUT2D eigenvalue weighted by Crippen LogP contribution is 2.22. The lowest BCUT2D eigenvalue weighted by molar-refractivity contribution is 0.410. The molecule has 132 valence electrons. The number of nitrogens with zero attached hydrogens (tertiary/aromatic N) is 3. The molecule has 6 nitrogen and oxygen atoms in total. The van der Waals surface area contributed by atoms with Crippen LogP contribution in [0.2, 0.25) is 0 Å². The molecule has 7 heteroatoms. The lowest BCUT2D eigenvalue weighted by Gasteiger charge is -2.08. The lowest BCUT2D eigenvalue weighted by Crippen LogP contribution is -2.03. The minimum Gasteiger partial charge on any atom is -0.496 e. The average molecular weight is 379 g/mol. The van der Waals surface area contributed by atoms with Gasteiger partial charge in [-0.25, -0.2) is 4.98 Å². The van der Waals surface area contributed by atoms with E-state index in [9.17, 15) is 4.21 Å². The van der Waals surface area contributed by atoms with Crippen LogP contribution in [0.15, 0.2) is 59.9 Å². The molecule has 0 aliphatic heterocycles. The van der Waals surface area contributed by atoms with Crippen LogP contribution >= 0.6 is 0 Å². The van der Waals surface area contributed by atoms with Crippen molar-refractivity contribution in [2.24, 2.45) is 0 Å². The van der Waals surface area contributed by atoms with Crippen molar-refractivity contribution in [1.82, 2.24) is 19.5 Å². The quantitative estimate of drug-likeness (QED) is 0.578. The summed E-state index contributed by atoms with van der Waals surface area (Å²) in [6.07, 6.45) is -1.81. The van der Waals surface area contributed by atoms with Gasteiger partial charge in [-0.15, -0.1) is 0 Å². The van der Waals surface area contributed by atoms with E-state index in [0.29, 0.717) is 0 Å². The maximum atomic E-state index is 13.2. The van der Waals surface area contributed by atoms with Crippen LogP contribution in [0.4, 0.5) is 0 Å². The molecule has 0 bridgehead atoms. The van der Waals surface area contributed by atoms with Gasteiger partial charge in [-0.1, -0.05) is 0 Å². The van der Waals surface area contributed by atoms with Crippen LogP contribution in [0.5, 0.6) is 5.75 Å². The average Bonchev–Trinajstić information content (AvgIpc) is 3.36. The van der Waals surface area contributed by atoms with Crippen molar-refractivity contribution in [3.63, 3.8) is 0 Å². The Morgan fingerprint density at radius 1 is 1.35 bits per heavy atom. The van der Waals surface area contributed by atoms with Gasteiger partial charge in [0.05, 0.1) is 56.8 Å². The first-order valence-electron chi connectivity index (χ1n) is 13.2. The number of benzene rings is 1. The number of aromatic nitrogens is 4. The zero-order chi connectivity index (χ0) is 28.4. The standard InChI is InChI=1S/C19H18N4O2S/c1-13-17(20-8-7-18(13)25-2)12-26(24)19-21-15-6-5-14(11-16(15)22-19)23-9-3-4-10-23/h3-11H,12H2,1-2H3,(H,21,22)/i2D3,3D,4D,5D,6D,7D,8D,9D,10D,11D. The first kappa shape index (κ1) is 7.75. The summed E-state index contributed by atoms with van der Waals surface area (Å²) in [5.41, 5.74) is -0.624. The van der Waals surface area contributed by atoms with Gasteiger partial charge < -0.3 is 14.3 Å². The molecule has 3 aromatic heterocycles. The number of rotatable bonds is 5. The van der Waals surface area contributed by atoms with E-state index >= 15 is 0 Å². The predicted molar refractivity (Wildman–Crippen MR) is 101 cm³/mol. The van der Waals surface area contributed by atoms with E-state index in [1.165, 1.54) is 6.92 Å². The van der Waals surface area contributed by atoms with Gasteiger partial charge >= 0.3 is 0 Å². The SMILES string of the molecule is [2H]c1nc(CS(=O)c2nc3c([2H])c([2H])c(-n4c([2H])c([2H])c([2H])c4[2H])c([2H])c3[nH]2)c(C)c(OC([2H])([2H])[2H])c1[2H]. The molecule has 26 heavy (non-hydrogen) atoms. The molecular formula is C19H18N4O2S. The third-order valence-electron chi connectivity index (χ3n) is 3.57. The number of H-pyrrole nitrogens is 1. The highest BCUT2D eigenvalue weighted by molar-refractivity contribution is 7.84. The van der Waals surface area contributed by atoms with Crippen molar-refractivity contribution in [3.8, 4) is 11.4 Å². The molecule has 4 rings (SSSR count). The largest absolute Gasteiger partial charge is 0.496 e. The smallest absolute Gasteiger partial charge is 0.197 e. The molecule has 0 aliphatic rings. The third-order valence-corrected chi connectivity index (χ3v) is 4.73. The van der Waals surface area contributed by atoms with E-state index in [4.69, 9.17) is 21.2 Å². The maximum Gasteiger partial charge on any atom is 0.197 e. The van der Waals surface area contributed by atoms with Crippen LogP contribution in [0.1, 0.15) is 27.7 Å². The Balaban J connectivity index is 1.81. The van der Waals surface area contributed by atoms with Gasteiger partial charge in [0.2, 0.25) is 0 Å². The lowest BCUT2D eigenvalue weighted by atomic mass is 10.2. The summed E-state index contributed by atoms with van der Waals surface area (Å²) in [6.45, 7) is 1.40. The first-order chi connectivity index (χ1) is 17.5. The van der Waals surface area contributed by atoms with E-state index < -0.39 is 84.1 Å². The Morgan fingerprint density at radius 3 is 3.00 bits per heavy atom. The molecule has 0 saturated carbocycles. The number of nitrogens with one attached hydrogen (secondary N) is 1. The minimum atomic E-state index is -2.90. The zero-order valence-corrected chi connectivity index (χ0v) is 14.1. The van der Waals surface area contributed by atoms with Crippen LogP contribution in [-0.2, 0) is 16.6 Å². The molecule has 0 fully saturated rings. The highest BCUT2D eigenvalue weighted by atomic mass is 32.2. The highest BCUT2D eigenvalue weighted by Gasteiger charge is 2.15. The van der Waals surface area contributed by atoms with E-state index in [0.717, 1.165) is 4.57 Å². The Morgan fingerprint density at radius 2 is 2.19 bits per heavy atom. The van der Waals surface area contributed by atoms with Crippen LogP contribution in [0.25, 0.3) is 16.7 Å². The number of pyridine rings is 1. The van der Waals surface area contributed by atoms with Gasteiger partial charge in [-0.3, -0.25) is 9.19 Å². The molecular weight excluding hydrogens is 348 g/mol. The predicted octanol–water partition coefficient (Wildman–Crippen LogP) is 3.37. The van der Waals surface area contributed by atoms with Gasteiger partial charge in [0.25, 0.3) is 0 Å². The number of hydrogen-bond donors (Lipinski definition) is 1. The summed E-state index contributed by atoms with van der Waals surface area (Å²) in [7, 11) is -4.94. The van der Waals surface area contributed by atoms with E-state index in [1.807, 2.05) is 0 Å². The summed E-state index contributed by atoms with van der Waals surface area (Å²) in [5, 5.41) is -0.230. The van der Waals surface area contributed by atoms with Crippen LogP contribution in [0, 0.1) is 6.92 Å². The van der Waals surface area contributed by atoms with E-state index in [1.54, 1.807) is 0 Å². The molecule has 1 aromatic carbocycles. The van der Waals surface area contributed by atoms with Crippen molar-refractivity contribution in [1.29, 1.82) is 0 Å². The summed E-state index contributed by atoms with van der Waals surface area (Å²) >= 11 is 0. The molecule has 1 N–H and O–H groups in total. The summed E-state index contributed by atoms with van der Waals surface area (Å²) in [6, 6.07) is -3.27. The first-order valence-corrected chi connectivity index (χ1v) is 8.56. The molecule has 0 saturated heterocycles. The van der Waals surface area contributed by atoms with E-state index in [2.05, 4.69) is 15.0 Å². The van der Waals surface area contributed by atoms with Crippen molar-refractivity contribution in [2.75, 3.05) is 7.04 Å². The maximum absolute atomic E-state index is 13.2. The number of hydrogen-bond acceptors (Lipinski definition) is 4. The summed E-state index contributed by atoms with van der Waals surface area (Å²) in [4.78, 5) is 10.7. The number of imidazole rings is 1. The molecule has 0 aliphatic carbocycles. The minimum absolute atomic E-state index is 0.000842. The molecule has 0 spiro atoms. The van der Waals surface area contributed by atoms with Gasteiger partial charge in [-0.05, 0) is 43.2 Å².